The SMILES string of the molecule is N#CC(CC1C2CCC1CNC2)(c1ccccc1)c1ccccc1. The van der Waals surface area contributed by atoms with E-state index >= 15 is 0 Å². The first-order valence-electron chi connectivity index (χ1n) is 9.06. The molecule has 2 heteroatoms. The molecule has 122 valence electrons. The summed E-state index contributed by atoms with van der Waals surface area (Å²) in [4.78, 5) is 0. The Hall–Kier alpha value is -2.11. The lowest BCUT2D eigenvalue weighted by Crippen LogP contribution is -2.42. The predicted octanol–water partition coefficient (Wildman–Crippen LogP) is 4.13. The molecule has 0 aromatic heterocycles. The topological polar surface area (TPSA) is 35.8 Å². The van der Waals surface area contributed by atoms with Gasteiger partial charge in [-0.1, -0.05) is 60.7 Å². The van der Waals surface area contributed by atoms with Crippen molar-refractivity contribution < 1.29 is 0 Å². The molecule has 2 bridgehead atoms. The summed E-state index contributed by atoms with van der Waals surface area (Å²) in [5.41, 5.74) is 1.74. The highest BCUT2D eigenvalue weighted by Gasteiger charge is 2.45. The summed E-state index contributed by atoms with van der Waals surface area (Å²) in [6, 6.07) is 23.5. The number of hydrogen-bond donors (Lipinski definition) is 1. The van der Waals surface area contributed by atoms with Crippen LogP contribution in [0.15, 0.2) is 60.7 Å². The number of piperidine rings is 1. The van der Waals surface area contributed by atoms with Crippen molar-refractivity contribution in [3.8, 4) is 6.07 Å². The van der Waals surface area contributed by atoms with Crippen molar-refractivity contribution in [2.75, 3.05) is 13.1 Å². The molecule has 2 aromatic rings. The molecule has 2 unspecified atom stereocenters. The van der Waals surface area contributed by atoms with Crippen LogP contribution in [0.3, 0.4) is 0 Å². The second-order valence-corrected chi connectivity index (χ2v) is 7.37. The number of nitrogens with one attached hydrogen (secondary N) is 1. The molecule has 24 heavy (non-hydrogen) atoms. The lowest BCUT2D eigenvalue weighted by molar-refractivity contribution is 0.211. The Bertz CT molecular complexity index is 661. The van der Waals surface area contributed by atoms with Gasteiger partial charge in [-0.15, -0.1) is 0 Å². The summed E-state index contributed by atoms with van der Waals surface area (Å²) in [6.45, 7) is 2.23. The molecule has 0 amide bonds. The summed E-state index contributed by atoms with van der Waals surface area (Å²) in [7, 11) is 0. The average molecular weight is 316 g/mol. The van der Waals surface area contributed by atoms with Gasteiger partial charge in [-0.05, 0) is 61.2 Å². The molecule has 1 aliphatic carbocycles. The Balaban J connectivity index is 1.78. The highest BCUT2D eigenvalue weighted by atomic mass is 14.9. The normalized spacial score (nSPS) is 26.0. The smallest absolute Gasteiger partial charge is 0.107 e. The third kappa shape index (κ3) is 2.54. The molecule has 0 spiro atoms. The van der Waals surface area contributed by atoms with E-state index in [1.165, 1.54) is 12.8 Å². The van der Waals surface area contributed by atoms with Crippen LogP contribution in [-0.4, -0.2) is 13.1 Å². The quantitative estimate of drug-likeness (QED) is 0.920. The first kappa shape index (κ1) is 15.4. The largest absolute Gasteiger partial charge is 0.316 e. The molecule has 2 nitrogen and oxygen atoms in total. The van der Waals surface area contributed by atoms with Crippen LogP contribution in [0, 0.1) is 29.1 Å². The fraction of sp³-hybridized carbons (Fsp3) is 0.409. The first-order valence-corrected chi connectivity index (χ1v) is 9.06. The van der Waals surface area contributed by atoms with Gasteiger partial charge in [-0.3, -0.25) is 0 Å². The Labute approximate surface area is 144 Å². The van der Waals surface area contributed by atoms with Crippen LogP contribution in [0.5, 0.6) is 0 Å². The highest BCUT2D eigenvalue weighted by molar-refractivity contribution is 5.46. The van der Waals surface area contributed by atoms with Crippen LogP contribution in [0.1, 0.15) is 30.4 Å². The number of rotatable bonds is 4. The molecule has 2 aromatic carbocycles. The van der Waals surface area contributed by atoms with Gasteiger partial charge in [0.25, 0.3) is 0 Å². The van der Waals surface area contributed by atoms with Crippen molar-refractivity contribution in [1.82, 2.24) is 5.32 Å². The molecular formula is C22H24N2. The number of hydrogen-bond acceptors (Lipinski definition) is 2. The Kier molecular flexibility index (Phi) is 4.12. The first-order chi connectivity index (χ1) is 11.8. The lowest BCUT2D eigenvalue weighted by atomic mass is 9.66. The molecule has 1 saturated heterocycles. The van der Waals surface area contributed by atoms with Gasteiger partial charge in [0.05, 0.1) is 6.07 Å². The fourth-order valence-electron chi connectivity index (χ4n) is 4.91. The van der Waals surface area contributed by atoms with Crippen LogP contribution < -0.4 is 5.32 Å². The van der Waals surface area contributed by atoms with Crippen LogP contribution in [0.2, 0.25) is 0 Å². The number of nitriles is 1. The minimum Gasteiger partial charge on any atom is -0.316 e. The van der Waals surface area contributed by atoms with E-state index < -0.39 is 5.41 Å². The van der Waals surface area contributed by atoms with E-state index in [4.69, 9.17) is 0 Å². The van der Waals surface area contributed by atoms with Gasteiger partial charge in [0.1, 0.15) is 5.41 Å². The zero-order chi connectivity index (χ0) is 16.4. The zero-order valence-electron chi connectivity index (χ0n) is 14.0. The maximum atomic E-state index is 10.3. The van der Waals surface area contributed by atoms with Crippen molar-refractivity contribution in [1.29, 1.82) is 5.26 Å². The molecule has 4 rings (SSSR count). The van der Waals surface area contributed by atoms with E-state index in [1.807, 2.05) is 12.1 Å². The van der Waals surface area contributed by atoms with Crippen LogP contribution in [0.25, 0.3) is 0 Å². The minimum absolute atomic E-state index is 0.536. The standard InChI is InChI=1S/C22H24N2/c23-16-22(19-7-3-1-4-8-19,20-9-5-2-6-10-20)13-21-17-11-12-18(21)15-24-14-17/h1-10,17-18,21,24H,11-15H2. The van der Waals surface area contributed by atoms with Gasteiger partial charge in [-0.2, -0.15) is 5.26 Å². The Morgan fingerprint density at radius 3 is 1.83 bits per heavy atom. The van der Waals surface area contributed by atoms with Gasteiger partial charge < -0.3 is 5.32 Å². The monoisotopic (exact) mass is 316 g/mol. The second-order valence-electron chi connectivity index (χ2n) is 7.37. The van der Waals surface area contributed by atoms with Gasteiger partial charge in [0.15, 0.2) is 0 Å². The van der Waals surface area contributed by atoms with E-state index in [9.17, 15) is 5.26 Å². The van der Waals surface area contributed by atoms with E-state index in [1.54, 1.807) is 0 Å². The Morgan fingerprint density at radius 1 is 0.875 bits per heavy atom. The van der Waals surface area contributed by atoms with E-state index in [-0.39, 0.29) is 0 Å². The summed E-state index contributed by atoms with van der Waals surface area (Å²) < 4.78 is 0. The van der Waals surface area contributed by atoms with Crippen molar-refractivity contribution >= 4 is 0 Å². The number of nitrogens with zero attached hydrogens (tertiary/aromatic N) is 1. The molecule has 1 aliphatic heterocycles. The van der Waals surface area contributed by atoms with E-state index in [2.05, 4.69) is 59.9 Å². The summed E-state index contributed by atoms with van der Waals surface area (Å²) in [5, 5.41) is 13.9. The fourth-order valence-corrected chi connectivity index (χ4v) is 4.91. The molecule has 0 radical (unpaired) electrons. The summed E-state index contributed by atoms with van der Waals surface area (Å²) >= 11 is 0. The third-order valence-corrected chi connectivity index (χ3v) is 6.20. The maximum Gasteiger partial charge on any atom is 0.107 e. The average Bonchev–Trinajstić information content (AvgIpc) is 2.87. The zero-order valence-corrected chi connectivity index (χ0v) is 14.0. The number of fused-ring (bicyclic) bond motifs is 2. The second kappa shape index (κ2) is 6.42. The van der Waals surface area contributed by atoms with E-state index in [0.717, 1.165) is 42.5 Å². The van der Waals surface area contributed by atoms with Crippen molar-refractivity contribution in [2.45, 2.75) is 24.7 Å². The van der Waals surface area contributed by atoms with Gasteiger partial charge in [0, 0.05) is 0 Å². The van der Waals surface area contributed by atoms with Gasteiger partial charge >= 0.3 is 0 Å². The third-order valence-electron chi connectivity index (χ3n) is 6.20. The molecule has 2 fully saturated rings. The molecule has 2 atom stereocenters. The van der Waals surface area contributed by atoms with Crippen molar-refractivity contribution in [3.63, 3.8) is 0 Å². The van der Waals surface area contributed by atoms with Crippen LogP contribution in [-0.2, 0) is 5.41 Å². The lowest BCUT2D eigenvalue weighted by Gasteiger charge is -2.38. The molecule has 2 aliphatic rings. The summed E-state index contributed by atoms with van der Waals surface area (Å²) in [5.74, 6) is 2.10. The van der Waals surface area contributed by atoms with Crippen molar-refractivity contribution in [2.24, 2.45) is 17.8 Å². The van der Waals surface area contributed by atoms with E-state index in [0.29, 0.717) is 5.92 Å². The van der Waals surface area contributed by atoms with Gasteiger partial charge in [-0.25, -0.2) is 0 Å². The highest BCUT2D eigenvalue weighted by Crippen LogP contribution is 2.48. The van der Waals surface area contributed by atoms with Gasteiger partial charge in [0.2, 0.25) is 0 Å². The minimum atomic E-state index is -0.536. The van der Waals surface area contributed by atoms with Crippen molar-refractivity contribution in [3.05, 3.63) is 71.8 Å². The van der Waals surface area contributed by atoms with Crippen LogP contribution >= 0.6 is 0 Å². The molecule has 1 N–H and O–H groups in total. The molecular weight excluding hydrogens is 292 g/mol. The number of benzene rings is 2. The van der Waals surface area contributed by atoms with Crippen LogP contribution in [0.4, 0.5) is 0 Å². The predicted molar refractivity (Wildman–Crippen MR) is 96.5 cm³/mol. The Morgan fingerprint density at radius 2 is 1.38 bits per heavy atom. The molecule has 1 saturated carbocycles. The molecule has 1 heterocycles. The maximum absolute atomic E-state index is 10.3. The summed E-state index contributed by atoms with van der Waals surface area (Å²) in [6.07, 6.45) is 3.56.